The van der Waals surface area contributed by atoms with Crippen molar-refractivity contribution in [1.82, 2.24) is 34.5 Å². The van der Waals surface area contributed by atoms with Crippen LogP contribution in [0.25, 0.3) is 22.6 Å². The van der Waals surface area contributed by atoms with Crippen LogP contribution in [0.5, 0.6) is 0 Å². The van der Waals surface area contributed by atoms with Crippen molar-refractivity contribution in [1.29, 1.82) is 0 Å². The average molecular weight is 401 g/mol. The van der Waals surface area contributed by atoms with Gasteiger partial charge in [0.05, 0.1) is 5.56 Å². The maximum absolute atomic E-state index is 4.87. The summed E-state index contributed by atoms with van der Waals surface area (Å²) >= 11 is 0. The van der Waals surface area contributed by atoms with E-state index in [-0.39, 0.29) is 6.04 Å². The Labute approximate surface area is 174 Å². The summed E-state index contributed by atoms with van der Waals surface area (Å²) in [6.45, 7) is 6.52. The largest absolute Gasteiger partial charge is 0.364 e. The fourth-order valence-electron chi connectivity index (χ4n) is 3.89. The SMILES string of the molecule is CCn1c(-c2cnc(C)nc2)nc2c(NC3CCN(c4ccccn4)C3)ncnc21. The first kappa shape index (κ1) is 18.4. The number of pyridine rings is 1. The van der Waals surface area contributed by atoms with Gasteiger partial charge in [-0.2, -0.15) is 0 Å². The second-order valence-electron chi connectivity index (χ2n) is 7.36. The van der Waals surface area contributed by atoms with E-state index >= 15 is 0 Å². The zero-order valence-electron chi connectivity index (χ0n) is 17.0. The summed E-state index contributed by atoms with van der Waals surface area (Å²) in [7, 11) is 0. The molecule has 0 aliphatic carbocycles. The fraction of sp³-hybridized carbons (Fsp3) is 0.333. The van der Waals surface area contributed by atoms with Crippen molar-refractivity contribution in [2.75, 3.05) is 23.3 Å². The van der Waals surface area contributed by atoms with E-state index in [2.05, 4.69) is 46.6 Å². The van der Waals surface area contributed by atoms with Gasteiger partial charge in [0.1, 0.15) is 23.8 Å². The van der Waals surface area contributed by atoms with E-state index in [1.165, 1.54) is 0 Å². The number of nitrogens with zero attached hydrogens (tertiary/aromatic N) is 8. The lowest BCUT2D eigenvalue weighted by atomic mass is 10.2. The van der Waals surface area contributed by atoms with E-state index in [9.17, 15) is 0 Å². The maximum Gasteiger partial charge on any atom is 0.165 e. The van der Waals surface area contributed by atoms with Gasteiger partial charge in [0.15, 0.2) is 17.0 Å². The zero-order valence-corrected chi connectivity index (χ0v) is 17.0. The van der Waals surface area contributed by atoms with Gasteiger partial charge in [0, 0.05) is 44.3 Å². The Bertz CT molecular complexity index is 1150. The van der Waals surface area contributed by atoms with E-state index in [1.54, 1.807) is 18.7 Å². The summed E-state index contributed by atoms with van der Waals surface area (Å²) < 4.78 is 2.07. The van der Waals surface area contributed by atoms with Crippen LogP contribution in [-0.4, -0.2) is 53.6 Å². The van der Waals surface area contributed by atoms with Gasteiger partial charge in [-0.05, 0) is 32.4 Å². The Kier molecular flexibility index (Phi) is 4.70. The van der Waals surface area contributed by atoms with Gasteiger partial charge >= 0.3 is 0 Å². The number of hydrogen-bond donors (Lipinski definition) is 1. The first-order valence-electron chi connectivity index (χ1n) is 10.2. The lowest BCUT2D eigenvalue weighted by Crippen LogP contribution is -2.27. The van der Waals surface area contributed by atoms with E-state index < -0.39 is 0 Å². The molecule has 1 unspecified atom stereocenters. The van der Waals surface area contributed by atoms with Gasteiger partial charge in [-0.25, -0.2) is 29.9 Å². The van der Waals surface area contributed by atoms with Crippen LogP contribution in [0, 0.1) is 6.92 Å². The quantitative estimate of drug-likeness (QED) is 0.545. The predicted molar refractivity (Wildman–Crippen MR) is 115 cm³/mol. The standard InChI is InChI=1S/C21H23N9/c1-3-30-20(15-10-23-14(2)24-11-15)28-18-19(25-13-26-21(18)30)27-16-7-9-29(12-16)17-6-4-5-8-22-17/h4-6,8,10-11,13,16H,3,7,9,12H2,1-2H3,(H,25,26,27). The van der Waals surface area contributed by atoms with Gasteiger partial charge < -0.3 is 14.8 Å². The molecular weight excluding hydrogens is 378 g/mol. The minimum atomic E-state index is 0.267. The lowest BCUT2D eigenvalue weighted by Gasteiger charge is -2.18. The third kappa shape index (κ3) is 3.32. The normalized spacial score (nSPS) is 16.3. The van der Waals surface area contributed by atoms with Crippen LogP contribution in [0.1, 0.15) is 19.2 Å². The van der Waals surface area contributed by atoms with Crippen LogP contribution < -0.4 is 10.2 Å². The lowest BCUT2D eigenvalue weighted by molar-refractivity contribution is 0.783. The first-order chi connectivity index (χ1) is 14.7. The summed E-state index contributed by atoms with van der Waals surface area (Å²) in [5.74, 6) is 3.30. The van der Waals surface area contributed by atoms with Crippen molar-refractivity contribution in [2.45, 2.75) is 32.9 Å². The van der Waals surface area contributed by atoms with Crippen LogP contribution in [0.15, 0.2) is 43.1 Å². The van der Waals surface area contributed by atoms with E-state index in [4.69, 9.17) is 4.98 Å². The summed E-state index contributed by atoms with van der Waals surface area (Å²) in [5, 5.41) is 3.58. The van der Waals surface area contributed by atoms with Crippen LogP contribution in [0.4, 0.5) is 11.6 Å². The molecule has 4 aromatic heterocycles. The Balaban J connectivity index is 1.45. The van der Waals surface area contributed by atoms with Crippen LogP contribution >= 0.6 is 0 Å². The van der Waals surface area contributed by atoms with Crippen molar-refractivity contribution < 1.29 is 0 Å². The highest BCUT2D eigenvalue weighted by atomic mass is 15.2. The number of imidazole rings is 1. The molecule has 9 nitrogen and oxygen atoms in total. The summed E-state index contributed by atoms with van der Waals surface area (Å²) in [4.78, 5) is 29.3. The number of aromatic nitrogens is 7. The highest BCUT2D eigenvalue weighted by molar-refractivity contribution is 5.86. The summed E-state index contributed by atoms with van der Waals surface area (Å²) in [6.07, 6.45) is 8.04. The molecule has 30 heavy (non-hydrogen) atoms. The molecule has 1 saturated heterocycles. The van der Waals surface area contributed by atoms with Crippen molar-refractivity contribution in [3.63, 3.8) is 0 Å². The molecule has 1 aliphatic heterocycles. The van der Waals surface area contributed by atoms with Crippen molar-refractivity contribution in [3.05, 3.63) is 48.9 Å². The van der Waals surface area contributed by atoms with Crippen molar-refractivity contribution in [3.8, 4) is 11.4 Å². The molecule has 5 rings (SSSR count). The Morgan fingerprint density at radius 3 is 2.73 bits per heavy atom. The average Bonchev–Trinajstić information content (AvgIpc) is 3.40. The Morgan fingerprint density at radius 2 is 1.97 bits per heavy atom. The molecular formula is C21H23N9. The second-order valence-corrected chi connectivity index (χ2v) is 7.36. The molecule has 5 heterocycles. The number of rotatable bonds is 5. The van der Waals surface area contributed by atoms with Gasteiger partial charge in [-0.3, -0.25) is 0 Å². The third-order valence-electron chi connectivity index (χ3n) is 5.39. The molecule has 152 valence electrons. The highest BCUT2D eigenvalue weighted by Crippen LogP contribution is 2.28. The van der Waals surface area contributed by atoms with Gasteiger partial charge in [-0.1, -0.05) is 6.07 Å². The molecule has 0 amide bonds. The molecule has 0 spiro atoms. The van der Waals surface area contributed by atoms with Gasteiger partial charge in [0.25, 0.3) is 0 Å². The highest BCUT2D eigenvalue weighted by Gasteiger charge is 2.25. The fourth-order valence-corrected chi connectivity index (χ4v) is 3.89. The summed E-state index contributed by atoms with van der Waals surface area (Å²) in [6, 6.07) is 6.27. The molecule has 4 aromatic rings. The van der Waals surface area contributed by atoms with E-state index in [0.29, 0.717) is 0 Å². The monoisotopic (exact) mass is 401 g/mol. The molecule has 1 atom stereocenters. The van der Waals surface area contributed by atoms with Crippen LogP contribution in [0.3, 0.4) is 0 Å². The maximum atomic E-state index is 4.87. The minimum Gasteiger partial charge on any atom is -0.364 e. The summed E-state index contributed by atoms with van der Waals surface area (Å²) in [5.41, 5.74) is 2.45. The molecule has 0 bridgehead atoms. The van der Waals surface area contributed by atoms with Crippen LogP contribution in [0.2, 0.25) is 0 Å². The number of aryl methyl sites for hydroxylation is 2. The minimum absolute atomic E-state index is 0.267. The Morgan fingerprint density at radius 1 is 1.10 bits per heavy atom. The van der Waals surface area contributed by atoms with Crippen molar-refractivity contribution >= 4 is 22.8 Å². The Hall–Kier alpha value is -3.62. The van der Waals surface area contributed by atoms with Crippen LogP contribution in [-0.2, 0) is 6.54 Å². The first-order valence-corrected chi connectivity index (χ1v) is 10.2. The molecule has 9 heteroatoms. The number of nitrogens with one attached hydrogen (secondary N) is 1. The van der Waals surface area contributed by atoms with E-state index in [1.807, 2.05) is 31.3 Å². The van der Waals surface area contributed by atoms with E-state index in [0.717, 1.165) is 66.1 Å². The second kappa shape index (κ2) is 7.66. The molecule has 0 saturated carbocycles. The third-order valence-corrected chi connectivity index (χ3v) is 5.39. The molecule has 1 fully saturated rings. The molecule has 1 N–H and O–H groups in total. The predicted octanol–water partition coefficient (Wildman–Crippen LogP) is 2.70. The smallest absolute Gasteiger partial charge is 0.165 e. The zero-order chi connectivity index (χ0) is 20.5. The van der Waals surface area contributed by atoms with Crippen molar-refractivity contribution in [2.24, 2.45) is 0 Å². The topological polar surface area (TPSA) is 97.5 Å². The van der Waals surface area contributed by atoms with Gasteiger partial charge in [0.2, 0.25) is 0 Å². The number of hydrogen-bond acceptors (Lipinski definition) is 8. The molecule has 0 radical (unpaired) electrons. The van der Waals surface area contributed by atoms with Gasteiger partial charge in [-0.15, -0.1) is 0 Å². The molecule has 1 aliphatic rings. The number of fused-ring (bicyclic) bond motifs is 1. The number of anilines is 2. The molecule has 0 aromatic carbocycles.